The molecular weight excluding hydrogens is 322 g/mol. The zero-order chi connectivity index (χ0) is 13.3. The maximum absolute atomic E-state index is 13.5. The average Bonchev–Trinajstić information content (AvgIpc) is 2.71. The Labute approximate surface area is 116 Å². The highest BCUT2D eigenvalue weighted by atomic mass is 35.5. The minimum atomic E-state index is -3.94. The summed E-state index contributed by atoms with van der Waals surface area (Å²) < 4.78 is 39.3. The van der Waals surface area contributed by atoms with E-state index in [0.717, 1.165) is 23.6 Å². The molecule has 18 heavy (non-hydrogen) atoms. The number of thiazole rings is 1. The van der Waals surface area contributed by atoms with E-state index < -0.39 is 15.8 Å². The minimum absolute atomic E-state index is 0.0332. The summed E-state index contributed by atoms with van der Waals surface area (Å²) in [7, 11) is -3.94. The number of rotatable bonds is 3. The number of aromatic nitrogens is 1. The van der Waals surface area contributed by atoms with Crippen LogP contribution in [0, 0.1) is 5.82 Å². The molecule has 1 aromatic heterocycles. The summed E-state index contributed by atoms with van der Waals surface area (Å²) in [4.78, 5) is 3.61. The van der Waals surface area contributed by atoms with Gasteiger partial charge in [-0.1, -0.05) is 40.6 Å². The maximum Gasteiger partial charge on any atom is 0.273 e. The number of benzene rings is 1. The molecule has 0 aliphatic rings. The van der Waals surface area contributed by atoms with Gasteiger partial charge < -0.3 is 0 Å². The number of hydrogen-bond donors (Lipinski definition) is 1. The number of halogens is 3. The van der Waals surface area contributed by atoms with Crippen LogP contribution in [-0.4, -0.2) is 13.4 Å². The number of nitrogens with one attached hydrogen (secondary N) is 1. The second kappa shape index (κ2) is 5.00. The van der Waals surface area contributed by atoms with Crippen molar-refractivity contribution >= 4 is 50.2 Å². The quantitative estimate of drug-likeness (QED) is 0.940. The lowest BCUT2D eigenvalue weighted by molar-refractivity contribution is 0.600. The van der Waals surface area contributed by atoms with Gasteiger partial charge in [-0.05, 0) is 12.1 Å². The van der Waals surface area contributed by atoms with Crippen LogP contribution in [0.25, 0.3) is 0 Å². The fourth-order valence-electron chi connectivity index (χ4n) is 1.14. The molecule has 0 unspecified atom stereocenters. The van der Waals surface area contributed by atoms with Crippen LogP contribution in [0.4, 0.5) is 10.1 Å². The smallest absolute Gasteiger partial charge is 0.273 e. The van der Waals surface area contributed by atoms with Crippen LogP contribution in [0.1, 0.15) is 0 Å². The molecule has 0 saturated heterocycles. The van der Waals surface area contributed by atoms with Gasteiger partial charge in [-0.25, -0.2) is 17.8 Å². The maximum atomic E-state index is 13.5. The predicted octanol–water partition coefficient (Wildman–Crippen LogP) is 3.39. The van der Waals surface area contributed by atoms with Crippen LogP contribution in [0.2, 0.25) is 9.49 Å². The van der Waals surface area contributed by atoms with Crippen LogP contribution < -0.4 is 4.72 Å². The van der Waals surface area contributed by atoms with Gasteiger partial charge in [0.15, 0.2) is 8.68 Å². The lowest BCUT2D eigenvalue weighted by Gasteiger charge is -2.08. The van der Waals surface area contributed by atoms with E-state index in [4.69, 9.17) is 23.2 Å². The zero-order valence-electron chi connectivity index (χ0n) is 8.52. The van der Waals surface area contributed by atoms with E-state index in [1.54, 1.807) is 0 Å². The van der Waals surface area contributed by atoms with Crippen molar-refractivity contribution in [3.05, 3.63) is 39.7 Å². The summed E-state index contributed by atoms with van der Waals surface area (Å²) in [6.45, 7) is 0. The second-order valence-electron chi connectivity index (χ2n) is 3.13. The summed E-state index contributed by atoms with van der Waals surface area (Å²) in [5.41, 5.74) is -0.302. The molecule has 4 nitrogen and oxygen atoms in total. The highest BCUT2D eigenvalue weighted by Gasteiger charge is 2.20. The third-order valence-corrected chi connectivity index (χ3v) is 5.16. The highest BCUT2D eigenvalue weighted by molar-refractivity contribution is 7.94. The highest BCUT2D eigenvalue weighted by Crippen LogP contribution is 2.29. The third kappa shape index (κ3) is 2.74. The van der Waals surface area contributed by atoms with Gasteiger partial charge in [0.05, 0.1) is 11.2 Å². The number of para-hydroxylation sites is 1. The first kappa shape index (κ1) is 13.5. The van der Waals surface area contributed by atoms with Crippen molar-refractivity contribution < 1.29 is 12.8 Å². The minimum Gasteiger partial charge on any atom is -0.274 e. The lowest BCUT2D eigenvalue weighted by Crippen LogP contribution is -2.13. The average molecular weight is 327 g/mol. The Balaban J connectivity index is 2.40. The lowest BCUT2D eigenvalue weighted by atomic mass is 10.3. The normalized spacial score (nSPS) is 11.5. The van der Waals surface area contributed by atoms with Gasteiger partial charge in [0, 0.05) is 0 Å². The third-order valence-electron chi connectivity index (χ3n) is 1.92. The Kier molecular flexibility index (Phi) is 3.76. The van der Waals surface area contributed by atoms with Gasteiger partial charge >= 0.3 is 0 Å². The van der Waals surface area contributed by atoms with Crippen molar-refractivity contribution in [2.24, 2.45) is 0 Å². The molecule has 0 radical (unpaired) electrons. The van der Waals surface area contributed by atoms with E-state index in [0.29, 0.717) is 0 Å². The molecule has 0 aliphatic heterocycles. The summed E-state index contributed by atoms with van der Waals surface area (Å²) >= 11 is 12.0. The van der Waals surface area contributed by atoms with Gasteiger partial charge in [0.1, 0.15) is 11.5 Å². The van der Waals surface area contributed by atoms with Crippen LogP contribution in [0.5, 0.6) is 0 Å². The molecule has 0 fully saturated rings. The standard InChI is InChI=1S/C9H5Cl2FN2O2S2/c10-5-2-1-3-6(12)8(5)14-18(15,16)7-4-13-9(11)17-7/h1-4,14H. The topological polar surface area (TPSA) is 59.1 Å². The van der Waals surface area contributed by atoms with Crippen molar-refractivity contribution in [3.8, 4) is 0 Å². The van der Waals surface area contributed by atoms with Crippen LogP contribution in [0.15, 0.2) is 28.6 Å². The number of sulfonamides is 1. The molecule has 1 heterocycles. The Morgan fingerprint density at radius 1 is 1.33 bits per heavy atom. The summed E-state index contributed by atoms with van der Waals surface area (Å²) in [6, 6.07) is 3.85. The molecule has 1 aromatic carbocycles. The van der Waals surface area contributed by atoms with Crippen molar-refractivity contribution in [2.75, 3.05) is 4.72 Å². The summed E-state index contributed by atoms with van der Waals surface area (Å²) in [5.74, 6) is -0.762. The Morgan fingerprint density at radius 2 is 2.06 bits per heavy atom. The first-order valence-electron chi connectivity index (χ1n) is 4.48. The molecule has 96 valence electrons. The summed E-state index contributed by atoms with van der Waals surface area (Å²) in [5, 5.41) is -0.0332. The van der Waals surface area contributed by atoms with Crippen LogP contribution >= 0.6 is 34.5 Å². The second-order valence-corrected chi connectivity index (χ2v) is 7.06. The van der Waals surface area contributed by atoms with Crippen LogP contribution in [-0.2, 0) is 10.0 Å². The molecule has 2 aromatic rings. The molecule has 0 atom stereocenters. The van der Waals surface area contributed by atoms with Gasteiger partial charge in [-0.2, -0.15) is 0 Å². The first-order valence-corrected chi connectivity index (χ1v) is 7.54. The predicted molar refractivity (Wildman–Crippen MR) is 69.3 cm³/mol. The molecule has 2 rings (SSSR count). The Morgan fingerprint density at radius 3 is 2.61 bits per heavy atom. The van der Waals surface area contributed by atoms with Gasteiger partial charge in [0.2, 0.25) is 0 Å². The van der Waals surface area contributed by atoms with Crippen LogP contribution in [0.3, 0.4) is 0 Å². The van der Waals surface area contributed by atoms with Crippen molar-refractivity contribution in [3.63, 3.8) is 0 Å². The fourth-order valence-corrected chi connectivity index (χ4v) is 3.79. The molecule has 0 bridgehead atoms. The van der Waals surface area contributed by atoms with Crippen molar-refractivity contribution in [1.29, 1.82) is 0 Å². The molecule has 0 amide bonds. The molecular formula is C9H5Cl2FN2O2S2. The fraction of sp³-hybridized carbons (Fsp3) is 0. The Hall–Kier alpha value is -0.890. The van der Waals surface area contributed by atoms with E-state index in [2.05, 4.69) is 9.71 Å². The van der Waals surface area contributed by atoms with E-state index in [1.165, 1.54) is 12.1 Å². The van der Waals surface area contributed by atoms with Gasteiger partial charge in [-0.15, -0.1) is 0 Å². The molecule has 9 heteroatoms. The molecule has 1 N–H and O–H groups in total. The van der Waals surface area contributed by atoms with E-state index in [1.807, 2.05) is 0 Å². The monoisotopic (exact) mass is 326 g/mol. The van der Waals surface area contributed by atoms with Gasteiger partial charge in [-0.3, -0.25) is 4.72 Å². The molecule has 0 aliphatic carbocycles. The number of nitrogens with zero attached hydrogens (tertiary/aromatic N) is 1. The molecule has 0 saturated carbocycles. The van der Waals surface area contributed by atoms with E-state index in [-0.39, 0.29) is 19.4 Å². The molecule has 0 spiro atoms. The number of hydrogen-bond acceptors (Lipinski definition) is 4. The van der Waals surface area contributed by atoms with Gasteiger partial charge in [0.25, 0.3) is 10.0 Å². The largest absolute Gasteiger partial charge is 0.274 e. The van der Waals surface area contributed by atoms with Crippen molar-refractivity contribution in [2.45, 2.75) is 4.21 Å². The first-order chi connectivity index (χ1) is 8.40. The number of anilines is 1. The van der Waals surface area contributed by atoms with Crippen molar-refractivity contribution in [1.82, 2.24) is 4.98 Å². The zero-order valence-corrected chi connectivity index (χ0v) is 11.7. The Bertz CT molecular complexity index is 667. The SMILES string of the molecule is O=S(=O)(Nc1c(F)cccc1Cl)c1cnc(Cl)s1. The summed E-state index contributed by atoms with van der Waals surface area (Å²) in [6.07, 6.45) is 1.09. The van der Waals surface area contributed by atoms with E-state index in [9.17, 15) is 12.8 Å². The van der Waals surface area contributed by atoms with E-state index >= 15 is 0 Å².